The molecule has 0 unspecified atom stereocenters. The zero-order valence-electron chi connectivity index (χ0n) is 11.9. The first kappa shape index (κ1) is 12.8. The molecule has 4 heteroatoms. The third-order valence-corrected chi connectivity index (χ3v) is 4.49. The molecule has 106 valence electrons. The zero-order valence-corrected chi connectivity index (χ0v) is 12.6. The van der Waals surface area contributed by atoms with Crippen LogP contribution in [0.4, 0.5) is 0 Å². The summed E-state index contributed by atoms with van der Waals surface area (Å²) in [6.07, 6.45) is 3.96. The van der Waals surface area contributed by atoms with Crippen LogP contribution in [0.1, 0.15) is 28.6 Å². The molecule has 0 fully saturated rings. The first-order chi connectivity index (χ1) is 10.3. The smallest absolute Gasteiger partial charge is 0.160 e. The molecular weight excluding hydrogens is 282 g/mol. The fourth-order valence-electron chi connectivity index (χ4n) is 3.33. The molecule has 3 aromatic rings. The maximum atomic E-state index is 6.12. The van der Waals surface area contributed by atoms with Gasteiger partial charge in [0, 0.05) is 12.2 Å². The summed E-state index contributed by atoms with van der Waals surface area (Å²) in [7, 11) is 0. The van der Waals surface area contributed by atoms with E-state index in [9.17, 15) is 0 Å². The van der Waals surface area contributed by atoms with Crippen LogP contribution < -0.4 is 0 Å². The molecule has 0 aliphatic heterocycles. The summed E-state index contributed by atoms with van der Waals surface area (Å²) in [6, 6.07) is 11.1. The summed E-state index contributed by atoms with van der Waals surface area (Å²) in [4.78, 5) is 9.27. The SMILES string of the molecule is Cc1cnc2c(c1)nc(CCl)n2C1Cc2ccccc2C1. The number of imidazole rings is 1. The number of aromatic nitrogens is 3. The number of hydrogen-bond donors (Lipinski definition) is 0. The average molecular weight is 298 g/mol. The maximum Gasteiger partial charge on any atom is 0.160 e. The van der Waals surface area contributed by atoms with Crippen LogP contribution in [0.25, 0.3) is 11.2 Å². The van der Waals surface area contributed by atoms with E-state index >= 15 is 0 Å². The molecule has 0 amide bonds. The Morgan fingerprint density at radius 2 is 1.95 bits per heavy atom. The Hall–Kier alpha value is -1.87. The van der Waals surface area contributed by atoms with Crippen molar-refractivity contribution in [2.45, 2.75) is 31.7 Å². The van der Waals surface area contributed by atoms with Gasteiger partial charge in [0.05, 0.1) is 5.88 Å². The van der Waals surface area contributed by atoms with Gasteiger partial charge in [0.1, 0.15) is 11.3 Å². The minimum atomic E-state index is 0.372. The number of halogens is 1. The normalized spacial score (nSPS) is 14.8. The van der Waals surface area contributed by atoms with E-state index in [0.29, 0.717) is 11.9 Å². The van der Waals surface area contributed by atoms with Crippen molar-refractivity contribution in [3.63, 3.8) is 0 Å². The van der Waals surface area contributed by atoms with E-state index in [4.69, 9.17) is 11.6 Å². The second kappa shape index (κ2) is 4.85. The van der Waals surface area contributed by atoms with E-state index in [1.165, 1.54) is 11.1 Å². The predicted molar refractivity (Wildman–Crippen MR) is 84.7 cm³/mol. The summed E-state index contributed by atoms with van der Waals surface area (Å²) in [5, 5.41) is 0. The van der Waals surface area contributed by atoms with E-state index in [-0.39, 0.29) is 0 Å². The van der Waals surface area contributed by atoms with Gasteiger partial charge in [-0.15, -0.1) is 11.6 Å². The lowest BCUT2D eigenvalue weighted by molar-refractivity contribution is 0.525. The number of benzene rings is 1. The van der Waals surface area contributed by atoms with E-state index in [2.05, 4.69) is 44.9 Å². The number of fused-ring (bicyclic) bond motifs is 2. The quantitative estimate of drug-likeness (QED) is 0.673. The first-order valence-corrected chi connectivity index (χ1v) is 7.76. The largest absolute Gasteiger partial charge is 0.308 e. The Morgan fingerprint density at radius 3 is 2.62 bits per heavy atom. The number of rotatable bonds is 2. The van der Waals surface area contributed by atoms with Gasteiger partial charge in [-0.05, 0) is 42.5 Å². The molecule has 21 heavy (non-hydrogen) atoms. The first-order valence-electron chi connectivity index (χ1n) is 7.22. The molecule has 0 N–H and O–H groups in total. The molecule has 1 aromatic carbocycles. The molecule has 1 aliphatic rings. The van der Waals surface area contributed by atoms with Gasteiger partial charge in [0.15, 0.2) is 5.65 Å². The van der Waals surface area contributed by atoms with E-state index < -0.39 is 0 Å². The van der Waals surface area contributed by atoms with Gasteiger partial charge in [-0.3, -0.25) is 0 Å². The number of aryl methyl sites for hydroxylation is 1. The molecule has 0 atom stereocenters. The van der Waals surface area contributed by atoms with Gasteiger partial charge in [-0.25, -0.2) is 9.97 Å². The minimum Gasteiger partial charge on any atom is -0.308 e. The summed E-state index contributed by atoms with van der Waals surface area (Å²) in [6.45, 7) is 2.04. The third-order valence-electron chi connectivity index (χ3n) is 4.25. The van der Waals surface area contributed by atoms with Crippen LogP contribution >= 0.6 is 11.6 Å². The Morgan fingerprint density at radius 1 is 1.24 bits per heavy atom. The van der Waals surface area contributed by atoms with Crippen LogP contribution in [0, 0.1) is 6.92 Å². The van der Waals surface area contributed by atoms with E-state index in [1.54, 1.807) is 0 Å². The topological polar surface area (TPSA) is 30.7 Å². The molecule has 4 rings (SSSR count). The predicted octanol–water partition coefficient (Wildman–Crippen LogP) is 3.82. The highest BCUT2D eigenvalue weighted by molar-refractivity contribution is 6.16. The molecule has 0 bridgehead atoms. The van der Waals surface area contributed by atoms with Crippen molar-refractivity contribution in [1.29, 1.82) is 0 Å². The van der Waals surface area contributed by atoms with E-state index in [0.717, 1.165) is 35.4 Å². The molecular formula is C17H16ClN3. The van der Waals surface area contributed by atoms with Crippen LogP contribution in [-0.4, -0.2) is 14.5 Å². The molecule has 0 radical (unpaired) electrons. The molecule has 0 spiro atoms. The van der Waals surface area contributed by atoms with Crippen LogP contribution in [0.15, 0.2) is 36.5 Å². The molecule has 0 saturated carbocycles. The standard InChI is InChI=1S/C17H16ClN3/c1-11-6-15-17(19-10-11)21(16(9-18)20-15)14-7-12-4-2-3-5-13(12)8-14/h2-6,10,14H,7-9H2,1H3. The Kier molecular flexibility index (Phi) is 2.96. The summed E-state index contributed by atoms with van der Waals surface area (Å²) in [5.41, 5.74) is 5.88. The van der Waals surface area contributed by atoms with Gasteiger partial charge in [-0.2, -0.15) is 0 Å². The summed E-state index contributed by atoms with van der Waals surface area (Å²) >= 11 is 6.12. The highest BCUT2D eigenvalue weighted by Gasteiger charge is 2.26. The van der Waals surface area contributed by atoms with Gasteiger partial charge >= 0.3 is 0 Å². The maximum absolute atomic E-state index is 6.12. The van der Waals surface area contributed by atoms with Crippen molar-refractivity contribution in [3.8, 4) is 0 Å². The molecule has 2 heterocycles. The Balaban J connectivity index is 1.84. The monoisotopic (exact) mass is 297 g/mol. The summed E-state index contributed by atoms with van der Waals surface area (Å²) in [5.74, 6) is 1.34. The van der Waals surface area contributed by atoms with Crippen molar-refractivity contribution in [2.24, 2.45) is 0 Å². The van der Waals surface area contributed by atoms with Crippen molar-refractivity contribution < 1.29 is 0 Å². The number of pyridine rings is 1. The number of hydrogen-bond acceptors (Lipinski definition) is 2. The van der Waals surface area contributed by atoms with Crippen LogP contribution in [-0.2, 0) is 18.7 Å². The van der Waals surface area contributed by atoms with Crippen LogP contribution in [0.5, 0.6) is 0 Å². The van der Waals surface area contributed by atoms with E-state index in [1.807, 2.05) is 13.1 Å². The zero-order chi connectivity index (χ0) is 14.4. The number of nitrogens with zero attached hydrogens (tertiary/aromatic N) is 3. The molecule has 2 aromatic heterocycles. The van der Waals surface area contributed by atoms with Gasteiger partial charge in [-0.1, -0.05) is 24.3 Å². The fourth-order valence-corrected chi connectivity index (χ4v) is 3.51. The van der Waals surface area contributed by atoms with Gasteiger partial charge in [0.25, 0.3) is 0 Å². The van der Waals surface area contributed by atoms with Crippen molar-refractivity contribution >= 4 is 22.8 Å². The lowest BCUT2D eigenvalue weighted by Gasteiger charge is -2.14. The second-order valence-electron chi connectivity index (χ2n) is 5.72. The Bertz CT molecular complexity index is 797. The lowest BCUT2D eigenvalue weighted by Crippen LogP contribution is -2.12. The van der Waals surface area contributed by atoms with Gasteiger partial charge < -0.3 is 4.57 Å². The van der Waals surface area contributed by atoms with Crippen molar-refractivity contribution in [3.05, 3.63) is 59.0 Å². The van der Waals surface area contributed by atoms with Crippen molar-refractivity contribution in [2.75, 3.05) is 0 Å². The van der Waals surface area contributed by atoms with Gasteiger partial charge in [0.2, 0.25) is 0 Å². The fraction of sp³-hybridized carbons (Fsp3) is 0.294. The highest BCUT2D eigenvalue weighted by atomic mass is 35.5. The lowest BCUT2D eigenvalue weighted by atomic mass is 10.1. The van der Waals surface area contributed by atoms with Crippen LogP contribution in [0.2, 0.25) is 0 Å². The average Bonchev–Trinajstić information content (AvgIpc) is 3.06. The third kappa shape index (κ3) is 2.04. The minimum absolute atomic E-state index is 0.372. The molecule has 1 aliphatic carbocycles. The molecule has 3 nitrogen and oxygen atoms in total. The Labute approximate surface area is 128 Å². The number of alkyl halides is 1. The van der Waals surface area contributed by atoms with Crippen molar-refractivity contribution in [1.82, 2.24) is 14.5 Å². The second-order valence-corrected chi connectivity index (χ2v) is 5.99. The molecule has 0 saturated heterocycles. The summed E-state index contributed by atoms with van der Waals surface area (Å²) < 4.78 is 2.24. The highest BCUT2D eigenvalue weighted by Crippen LogP contribution is 2.33. The van der Waals surface area contributed by atoms with Crippen LogP contribution in [0.3, 0.4) is 0 Å².